The Hall–Kier alpha value is -1.53. The largest absolute Gasteiger partial charge is 0.496 e. The molecule has 3 nitrogen and oxygen atoms in total. The second kappa shape index (κ2) is 6.58. The number of nitrogens with zero attached hydrogens (tertiary/aromatic N) is 1. The second-order valence-electron chi connectivity index (χ2n) is 5.58. The van der Waals surface area contributed by atoms with E-state index in [9.17, 15) is 5.26 Å². The van der Waals surface area contributed by atoms with Gasteiger partial charge < -0.3 is 10.5 Å². The summed E-state index contributed by atoms with van der Waals surface area (Å²) in [7, 11) is 1.67. The Bertz CT molecular complexity index is 460. The zero-order valence-electron chi connectivity index (χ0n) is 12.5. The Morgan fingerprint density at radius 3 is 2.26 bits per heavy atom. The molecule has 0 saturated carbocycles. The van der Waals surface area contributed by atoms with Crippen LogP contribution in [0.3, 0.4) is 0 Å². The molecule has 0 bridgehead atoms. The van der Waals surface area contributed by atoms with Crippen LogP contribution in [0.15, 0.2) is 18.2 Å². The number of hydrogen-bond donors (Lipinski definition) is 1. The van der Waals surface area contributed by atoms with Crippen LogP contribution >= 0.6 is 0 Å². The van der Waals surface area contributed by atoms with Gasteiger partial charge in [-0.1, -0.05) is 39.8 Å². The molecule has 1 rings (SSSR count). The van der Waals surface area contributed by atoms with E-state index in [1.54, 1.807) is 7.11 Å². The molecular weight excluding hydrogens is 236 g/mol. The Labute approximate surface area is 116 Å². The fourth-order valence-electron chi connectivity index (χ4n) is 2.26. The molecule has 1 aromatic rings. The van der Waals surface area contributed by atoms with E-state index in [1.165, 1.54) is 0 Å². The van der Waals surface area contributed by atoms with Crippen molar-refractivity contribution in [1.82, 2.24) is 0 Å². The van der Waals surface area contributed by atoms with Gasteiger partial charge in [0.05, 0.1) is 19.1 Å². The van der Waals surface area contributed by atoms with Crippen molar-refractivity contribution < 1.29 is 4.74 Å². The van der Waals surface area contributed by atoms with Gasteiger partial charge >= 0.3 is 0 Å². The molecule has 2 unspecified atom stereocenters. The molecule has 0 radical (unpaired) electrons. The van der Waals surface area contributed by atoms with Gasteiger partial charge in [-0.05, 0) is 29.0 Å². The van der Waals surface area contributed by atoms with Gasteiger partial charge in [0.1, 0.15) is 5.75 Å². The molecule has 2 atom stereocenters. The van der Waals surface area contributed by atoms with E-state index in [0.717, 1.165) is 16.9 Å². The fourth-order valence-corrected chi connectivity index (χ4v) is 2.26. The Kier molecular flexibility index (Phi) is 5.38. The summed E-state index contributed by atoms with van der Waals surface area (Å²) in [5, 5.41) is 9.25. The molecule has 0 saturated heterocycles. The van der Waals surface area contributed by atoms with Gasteiger partial charge in [0.15, 0.2) is 0 Å². The summed E-state index contributed by atoms with van der Waals surface area (Å²) in [5.41, 5.74) is 8.39. The Morgan fingerprint density at radius 2 is 1.84 bits per heavy atom. The normalized spacial score (nSPS) is 14.3. The van der Waals surface area contributed by atoms with Gasteiger partial charge in [-0.3, -0.25) is 0 Å². The highest BCUT2D eigenvalue weighted by Crippen LogP contribution is 2.32. The highest BCUT2D eigenvalue weighted by Gasteiger charge is 2.23. The molecule has 0 heterocycles. The van der Waals surface area contributed by atoms with Crippen molar-refractivity contribution in [2.75, 3.05) is 7.11 Å². The number of hydrogen-bond acceptors (Lipinski definition) is 3. The maximum absolute atomic E-state index is 9.25. The van der Waals surface area contributed by atoms with Crippen LogP contribution in [0, 0.1) is 23.2 Å². The Morgan fingerprint density at radius 1 is 1.21 bits per heavy atom. The standard InChI is InChI=1S/C16H24N2O/c1-10(2)13-8-12(6-7-15(13)19-5)16(18)14(9-17)11(3)4/h6-8,10-11,14,16H,18H2,1-5H3. The molecule has 0 aliphatic rings. The quantitative estimate of drug-likeness (QED) is 0.879. The lowest BCUT2D eigenvalue weighted by Crippen LogP contribution is -2.24. The molecular formula is C16H24N2O. The minimum atomic E-state index is -0.256. The first-order chi connectivity index (χ1) is 8.92. The van der Waals surface area contributed by atoms with Gasteiger partial charge in [0.25, 0.3) is 0 Å². The van der Waals surface area contributed by atoms with Gasteiger partial charge in [0.2, 0.25) is 0 Å². The zero-order valence-corrected chi connectivity index (χ0v) is 12.5. The third-order valence-electron chi connectivity index (χ3n) is 3.51. The van der Waals surface area contributed by atoms with Crippen molar-refractivity contribution in [2.24, 2.45) is 17.6 Å². The van der Waals surface area contributed by atoms with Crippen LogP contribution in [0.25, 0.3) is 0 Å². The molecule has 1 aromatic carbocycles. The van der Waals surface area contributed by atoms with Crippen LogP contribution in [0.4, 0.5) is 0 Å². The number of ether oxygens (including phenoxy) is 1. The maximum Gasteiger partial charge on any atom is 0.122 e. The molecule has 104 valence electrons. The first kappa shape index (κ1) is 15.5. The molecule has 19 heavy (non-hydrogen) atoms. The van der Waals surface area contributed by atoms with Gasteiger partial charge in [-0.2, -0.15) is 5.26 Å². The summed E-state index contributed by atoms with van der Waals surface area (Å²) in [6, 6.07) is 8.04. The van der Waals surface area contributed by atoms with E-state index in [2.05, 4.69) is 26.0 Å². The lowest BCUT2D eigenvalue weighted by molar-refractivity contribution is 0.397. The van der Waals surface area contributed by atoms with E-state index in [1.807, 2.05) is 26.0 Å². The summed E-state index contributed by atoms with van der Waals surface area (Å²) in [5.74, 6) is 1.31. The monoisotopic (exact) mass is 260 g/mol. The van der Waals surface area contributed by atoms with Crippen molar-refractivity contribution in [3.8, 4) is 11.8 Å². The number of nitriles is 1. The third kappa shape index (κ3) is 3.48. The van der Waals surface area contributed by atoms with E-state index >= 15 is 0 Å². The number of rotatable bonds is 5. The lowest BCUT2D eigenvalue weighted by Gasteiger charge is -2.23. The van der Waals surface area contributed by atoms with Crippen molar-refractivity contribution in [3.05, 3.63) is 29.3 Å². The topological polar surface area (TPSA) is 59.0 Å². The molecule has 3 heteroatoms. The van der Waals surface area contributed by atoms with Gasteiger partial charge in [-0.25, -0.2) is 0 Å². The van der Waals surface area contributed by atoms with Crippen LogP contribution < -0.4 is 10.5 Å². The molecule has 0 aliphatic heterocycles. The molecule has 0 fully saturated rings. The number of methoxy groups -OCH3 is 1. The lowest BCUT2D eigenvalue weighted by atomic mass is 9.85. The minimum Gasteiger partial charge on any atom is -0.496 e. The maximum atomic E-state index is 9.25. The van der Waals surface area contributed by atoms with Crippen LogP contribution in [-0.4, -0.2) is 7.11 Å². The Balaban J connectivity index is 3.15. The van der Waals surface area contributed by atoms with Crippen LogP contribution in [0.2, 0.25) is 0 Å². The summed E-state index contributed by atoms with van der Waals surface area (Å²) >= 11 is 0. The summed E-state index contributed by atoms with van der Waals surface area (Å²) in [6.45, 7) is 8.30. The highest BCUT2D eigenvalue weighted by atomic mass is 16.5. The number of benzene rings is 1. The smallest absolute Gasteiger partial charge is 0.122 e. The van der Waals surface area contributed by atoms with Crippen LogP contribution in [0.1, 0.15) is 50.8 Å². The second-order valence-corrected chi connectivity index (χ2v) is 5.58. The fraction of sp³-hybridized carbons (Fsp3) is 0.562. The van der Waals surface area contributed by atoms with Crippen molar-refractivity contribution in [2.45, 2.75) is 39.7 Å². The van der Waals surface area contributed by atoms with Gasteiger partial charge in [-0.15, -0.1) is 0 Å². The molecule has 0 spiro atoms. The van der Waals surface area contributed by atoms with Crippen LogP contribution in [0.5, 0.6) is 5.75 Å². The third-order valence-corrected chi connectivity index (χ3v) is 3.51. The summed E-state index contributed by atoms with van der Waals surface area (Å²) < 4.78 is 5.37. The molecule has 0 amide bonds. The van der Waals surface area contributed by atoms with E-state index in [4.69, 9.17) is 10.5 Å². The average Bonchev–Trinajstić information content (AvgIpc) is 2.38. The first-order valence-electron chi connectivity index (χ1n) is 6.75. The number of nitrogens with two attached hydrogens (primary N) is 1. The highest BCUT2D eigenvalue weighted by molar-refractivity contribution is 5.40. The molecule has 0 aliphatic carbocycles. The van der Waals surface area contributed by atoms with Crippen molar-refractivity contribution in [3.63, 3.8) is 0 Å². The predicted molar refractivity (Wildman–Crippen MR) is 78.0 cm³/mol. The van der Waals surface area contributed by atoms with E-state index in [-0.39, 0.29) is 17.9 Å². The van der Waals surface area contributed by atoms with E-state index in [0.29, 0.717) is 5.92 Å². The zero-order chi connectivity index (χ0) is 14.6. The predicted octanol–water partition coefficient (Wildman–Crippen LogP) is 3.61. The first-order valence-corrected chi connectivity index (χ1v) is 6.75. The summed E-state index contributed by atoms with van der Waals surface area (Å²) in [6.07, 6.45) is 0. The average molecular weight is 260 g/mol. The van der Waals surface area contributed by atoms with Gasteiger partial charge in [0, 0.05) is 6.04 Å². The molecule has 2 N–H and O–H groups in total. The van der Waals surface area contributed by atoms with Crippen LogP contribution in [-0.2, 0) is 0 Å². The molecule has 0 aromatic heterocycles. The van der Waals surface area contributed by atoms with Crippen molar-refractivity contribution in [1.29, 1.82) is 5.26 Å². The van der Waals surface area contributed by atoms with Crippen molar-refractivity contribution >= 4 is 0 Å². The summed E-state index contributed by atoms with van der Waals surface area (Å²) in [4.78, 5) is 0. The minimum absolute atomic E-state index is 0.173. The SMILES string of the molecule is COc1ccc(C(N)C(C#N)C(C)C)cc1C(C)C. The van der Waals surface area contributed by atoms with E-state index < -0.39 is 0 Å².